The number of hydrogen-bond donors (Lipinski definition) is 1. The Bertz CT molecular complexity index is 204. The van der Waals surface area contributed by atoms with E-state index < -0.39 is 0 Å². The van der Waals surface area contributed by atoms with Gasteiger partial charge in [0.1, 0.15) is 0 Å². The Morgan fingerprint density at radius 3 is 2.50 bits per heavy atom. The molecule has 0 bridgehead atoms. The van der Waals surface area contributed by atoms with Crippen molar-refractivity contribution in [1.82, 2.24) is 14.7 Å². The lowest BCUT2D eigenvalue weighted by Crippen LogP contribution is -2.46. The van der Waals surface area contributed by atoms with Crippen molar-refractivity contribution in [2.24, 2.45) is 5.92 Å². The summed E-state index contributed by atoms with van der Waals surface area (Å²) in [5.41, 5.74) is 0. The fraction of sp³-hybridized carbons (Fsp3) is 1.00. The third kappa shape index (κ3) is 3.42. The summed E-state index contributed by atoms with van der Waals surface area (Å²) >= 11 is 0. The van der Waals surface area contributed by atoms with E-state index in [1.54, 1.807) is 0 Å². The summed E-state index contributed by atoms with van der Waals surface area (Å²) in [6, 6.07) is 0. The molecule has 2 heterocycles. The minimum absolute atomic E-state index is 0.307. The average molecular weight is 227 g/mol. The molecule has 2 fully saturated rings. The van der Waals surface area contributed by atoms with E-state index in [9.17, 15) is 0 Å². The lowest BCUT2D eigenvalue weighted by Gasteiger charge is -2.33. The molecule has 0 aliphatic carbocycles. The molecule has 16 heavy (non-hydrogen) atoms. The van der Waals surface area contributed by atoms with Crippen molar-refractivity contribution in [3.8, 4) is 0 Å². The van der Waals surface area contributed by atoms with Gasteiger partial charge in [0.2, 0.25) is 0 Å². The quantitative estimate of drug-likeness (QED) is 0.704. The van der Waals surface area contributed by atoms with E-state index >= 15 is 0 Å². The first-order valence-electron chi connectivity index (χ1n) is 6.52. The number of rotatable bonds is 4. The lowest BCUT2D eigenvalue weighted by atomic mass is 10.1. The highest BCUT2D eigenvalue weighted by Gasteiger charge is 2.25. The largest absolute Gasteiger partial charge is 0.395 e. The number of likely N-dealkylation sites (tertiary alicyclic amines) is 1. The van der Waals surface area contributed by atoms with Crippen LogP contribution < -0.4 is 0 Å². The second-order valence-electron chi connectivity index (χ2n) is 5.28. The summed E-state index contributed by atoms with van der Waals surface area (Å²) in [7, 11) is 2.20. The Morgan fingerprint density at radius 2 is 1.81 bits per heavy atom. The summed E-state index contributed by atoms with van der Waals surface area (Å²) in [6.45, 7) is 9.68. The van der Waals surface area contributed by atoms with Crippen LogP contribution in [-0.4, -0.2) is 85.8 Å². The molecule has 0 spiro atoms. The summed E-state index contributed by atoms with van der Waals surface area (Å²) < 4.78 is 0. The first kappa shape index (κ1) is 12.3. The molecule has 0 saturated carbocycles. The van der Waals surface area contributed by atoms with Crippen molar-refractivity contribution in [2.75, 3.05) is 66.0 Å². The fourth-order valence-electron chi connectivity index (χ4n) is 2.80. The first-order valence-corrected chi connectivity index (χ1v) is 6.52. The van der Waals surface area contributed by atoms with Crippen LogP contribution in [0.2, 0.25) is 0 Å². The van der Waals surface area contributed by atoms with Crippen molar-refractivity contribution < 1.29 is 5.11 Å². The van der Waals surface area contributed by atoms with Gasteiger partial charge in [0.15, 0.2) is 0 Å². The molecular formula is C12H25N3O. The van der Waals surface area contributed by atoms with E-state index in [4.69, 9.17) is 5.11 Å². The predicted molar refractivity (Wildman–Crippen MR) is 65.6 cm³/mol. The lowest BCUT2D eigenvalue weighted by molar-refractivity contribution is 0.135. The van der Waals surface area contributed by atoms with Crippen molar-refractivity contribution >= 4 is 0 Å². The maximum absolute atomic E-state index is 8.91. The van der Waals surface area contributed by atoms with Gasteiger partial charge >= 0.3 is 0 Å². The molecule has 1 N–H and O–H groups in total. The van der Waals surface area contributed by atoms with Crippen LogP contribution in [0.1, 0.15) is 6.42 Å². The predicted octanol–water partition coefficient (Wildman–Crippen LogP) is -0.452. The van der Waals surface area contributed by atoms with Gasteiger partial charge in [0, 0.05) is 45.8 Å². The molecular weight excluding hydrogens is 202 g/mol. The highest BCUT2D eigenvalue weighted by atomic mass is 16.3. The SMILES string of the molecule is CN1CCN(CC2CCN(CCO)C2)CC1. The summed E-state index contributed by atoms with van der Waals surface area (Å²) in [5, 5.41) is 8.91. The third-order valence-electron chi connectivity index (χ3n) is 3.90. The van der Waals surface area contributed by atoms with E-state index in [0.29, 0.717) is 6.61 Å². The molecule has 2 rings (SSSR count). The van der Waals surface area contributed by atoms with Crippen LogP contribution >= 0.6 is 0 Å². The number of nitrogens with zero attached hydrogens (tertiary/aromatic N) is 3. The number of piperazine rings is 1. The van der Waals surface area contributed by atoms with Gasteiger partial charge in [-0.2, -0.15) is 0 Å². The Balaban J connectivity index is 1.67. The molecule has 4 nitrogen and oxygen atoms in total. The average Bonchev–Trinajstić information content (AvgIpc) is 2.70. The van der Waals surface area contributed by atoms with Crippen LogP contribution in [0, 0.1) is 5.92 Å². The highest BCUT2D eigenvalue weighted by Crippen LogP contribution is 2.17. The van der Waals surface area contributed by atoms with Crippen LogP contribution in [0.15, 0.2) is 0 Å². The zero-order chi connectivity index (χ0) is 11.4. The molecule has 2 saturated heterocycles. The van der Waals surface area contributed by atoms with Crippen molar-refractivity contribution in [1.29, 1.82) is 0 Å². The molecule has 0 radical (unpaired) electrons. The van der Waals surface area contributed by atoms with Gasteiger partial charge in [0.05, 0.1) is 6.61 Å². The second-order valence-corrected chi connectivity index (χ2v) is 5.28. The van der Waals surface area contributed by atoms with E-state index in [1.165, 1.54) is 52.2 Å². The minimum Gasteiger partial charge on any atom is -0.395 e. The molecule has 4 heteroatoms. The Morgan fingerprint density at radius 1 is 1.06 bits per heavy atom. The standard InChI is InChI=1S/C12H25N3O/c1-13-4-6-15(7-5-13)11-12-2-3-14(10-12)8-9-16/h12,16H,2-11H2,1H3. The minimum atomic E-state index is 0.307. The first-order chi connectivity index (χ1) is 7.78. The Hall–Kier alpha value is -0.160. The molecule has 1 unspecified atom stereocenters. The molecule has 0 amide bonds. The molecule has 0 aromatic carbocycles. The summed E-state index contributed by atoms with van der Waals surface area (Å²) in [4.78, 5) is 7.40. The summed E-state index contributed by atoms with van der Waals surface area (Å²) in [5.74, 6) is 0.829. The molecule has 94 valence electrons. The van der Waals surface area contributed by atoms with E-state index in [-0.39, 0.29) is 0 Å². The topological polar surface area (TPSA) is 30.0 Å². The van der Waals surface area contributed by atoms with Crippen molar-refractivity contribution in [3.63, 3.8) is 0 Å². The van der Waals surface area contributed by atoms with Gasteiger partial charge < -0.3 is 19.8 Å². The normalized spacial score (nSPS) is 30.0. The van der Waals surface area contributed by atoms with Crippen molar-refractivity contribution in [3.05, 3.63) is 0 Å². The van der Waals surface area contributed by atoms with Crippen LogP contribution in [0.3, 0.4) is 0 Å². The molecule has 2 aliphatic rings. The van der Waals surface area contributed by atoms with Gasteiger partial charge in [-0.3, -0.25) is 0 Å². The zero-order valence-corrected chi connectivity index (χ0v) is 10.4. The number of hydrogen-bond acceptors (Lipinski definition) is 4. The number of aliphatic hydroxyl groups is 1. The van der Waals surface area contributed by atoms with E-state index in [0.717, 1.165) is 12.5 Å². The van der Waals surface area contributed by atoms with Gasteiger partial charge in [-0.1, -0.05) is 0 Å². The van der Waals surface area contributed by atoms with Crippen molar-refractivity contribution in [2.45, 2.75) is 6.42 Å². The molecule has 0 aromatic heterocycles. The number of aliphatic hydroxyl groups excluding tert-OH is 1. The third-order valence-corrected chi connectivity index (χ3v) is 3.90. The van der Waals surface area contributed by atoms with Gasteiger partial charge in [-0.15, -0.1) is 0 Å². The van der Waals surface area contributed by atoms with E-state index in [2.05, 4.69) is 21.7 Å². The maximum Gasteiger partial charge on any atom is 0.0558 e. The fourth-order valence-corrected chi connectivity index (χ4v) is 2.80. The molecule has 1 atom stereocenters. The smallest absolute Gasteiger partial charge is 0.0558 e. The summed E-state index contributed by atoms with van der Waals surface area (Å²) in [6.07, 6.45) is 1.31. The molecule has 2 aliphatic heterocycles. The van der Waals surface area contributed by atoms with Crippen LogP contribution in [0.4, 0.5) is 0 Å². The van der Waals surface area contributed by atoms with Gasteiger partial charge in [-0.05, 0) is 25.9 Å². The highest BCUT2D eigenvalue weighted by molar-refractivity contribution is 4.80. The molecule has 0 aromatic rings. The number of likely N-dealkylation sites (N-methyl/N-ethyl adjacent to an activating group) is 1. The van der Waals surface area contributed by atoms with E-state index in [1.807, 2.05) is 0 Å². The second kappa shape index (κ2) is 5.96. The van der Waals surface area contributed by atoms with Crippen LogP contribution in [-0.2, 0) is 0 Å². The Labute approximate surface area is 98.8 Å². The van der Waals surface area contributed by atoms with Crippen LogP contribution in [0.25, 0.3) is 0 Å². The van der Waals surface area contributed by atoms with Gasteiger partial charge in [0.25, 0.3) is 0 Å². The van der Waals surface area contributed by atoms with Gasteiger partial charge in [-0.25, -0.2) is 0 Å². The van der Waals surface area contributed by atoms with Crippen LogP contribution in [0.5, 0.6) is 0 Å². The number of β-amino-alcohol motifs (C(OH)–C–C–N with tert-alkyl or cyclic N) is 1. The maximum atomic E-state index is 8.91. The monoisotopic (exact) mass is 227 g/mol. The zero-order valence-electron chi connectivity index (χ0n) is 10.4. The Kier molecular flexibility index (Phi) is 4.58.